The second-order valence-electron chi connectivity index (χ2n) is 10.5. The molecular formula is CH2IN117. The van der Waals surface area contributed by atoms with Crippen LogP contribution in [0.1, 0.15) is 0 Å². The summed E-state index contributed by atoms with van der Waals surface area (Å²) in [5, 5.41) is 348. The number of nitrogens with zero attached hydrogens (tertiary/aromatic N) is 116. The number of hydrogen-bond acceptors (Lipinski definition) is 2. The van der Waals surface area contributed by atoms with E-state index in [1.165, 1.54) is 4.22 Å². The highest BCUT2D eigenvalue weighted by Crippen LogP contribution is 2.00. The number of halogens is 1. The maximum Gasteiger partial charge on any atom is 0.0897 e. The van der Waals surface area contributed by atoms with Gasteiger partial charge in [-0.2, -0.15) is 5.53 Å². The molecule has 0 unspecified atom stereocenters. The van der Waals surface area contributed by atoms with Crippen LogP contribution < -0.4 is 0 Å². The zero-order valence-electron chi connectivity index (χ0n) is 53.3. The largest absolute Gasteiger partial charge is 0.183 e. The summed E-state index contributed by atoms with van der Waals surface area (Å²) in [6.07, 6.45) is 0. The van der Waals surface area contributed by atoms with Gasteiger partial charge < -0.3 is 0 Å². The highest BCUT2D eigenvalue weighted by molar-refractivity contribution is 14.1. The topological polar surface area (TPSA) is 1460 Å². The quantitative estimate of drug-likeness (QED) is 0.0257. The van der Waals surface area contributed by atoms with Crippen LogP contribution in [-0.4, -0.2) is 4.22 Å². The summed E-state index contributed by atoms with van der Waals surface area (Å²) in [5.41, 5.74) is 6.27. The molecule has 0 aliphatic heterocycles. The van der Waals surface area contributed by atoms with E-state index in [0.717, 1.165) is 0 Å². The van der Waals surface area contributed by atoms with E-state index in [1.54, 1.807) is 0 Å². The van der Waals surface area contributed by atoms with E-state index in [2.05, 4.69) is 606 Å². The Hall–Kier alpha value is -22.8. The van der Waals surface area contributed by atoms with E-state index >= 15 is 0 Å². The SMILES string of the molecule is N=NN=NN=NN=NN=NN=NN=NN=NN=NN=NN=NN=NN=NN=NN=NN=NN=NN=NN=NN=NN=NN=NN=NN=NN=NN=NN=NN=NN=NN=NN=NN=NN=NN=NN=NN=NN=NN=NN=NN=NN=NN=NN=NN=NN=NN=NN=NN=NN=NN=NN=NN=NN=NN=NN=NN=NN=NN=NN=CI. The Kier molecular flexibility index (Phi) is 77.0. The van der Waals surface area contributed by atoms with Gasteiger partial charge in [0.1, 0.15) is 0 Å². The number of hydrogen-bond donors (Lipinski definition) is 1. The molecule has 0 spiro atoms. The van der Waals surface area contributed by atoms with E-state index in [1.807, 2.05) is 22.6 Å². The van der Waals surface area contributed by atoms with Crippen molar-refractivity contribution in [2.45, 2.75) is 0 Å². The standard InChI is InChI=1S/CH2IN117/c2-1-4-6-8-10-12-14-16-18-20-22-24-26-28-30-32-34-36-38-40-42-44-46-48-50-52-54-56-58-60-62-64-66-68-70-72-74-76-78-80-82-84-86-88-90-92-94-96-98-100-102-104-106-108-110-112-114-116-118-119-117-115-113-111-109-107-105-103-101-99-97-95-93-91-89-87-85-83-81-79-77-75-73-71-69-67-65-63-61-59-57-55-53-51-49-47-45-43-41-39-37-35-33-31-29-27-25-23-21-19-17-15-13-11-9-7-5-3/h1,3H. The van der Waals surface area contributed by atoms with Gasteiger partial charge in [-0.1, -0.05) is 0 Å². The lowest BCUT2D eigenvalue weighted by Crippen LogP contribution is -1.52. The first kappa shape index (κ1) is 96.2. The monoisotopic (exact) mass is 1780 g/mol. The fraction of sp³-hybridized carbons (Fsp3) is 0. The van der Waals surface area contributed by atoms with Gasteiger partial charge in [0.25, 0.3) is 0 Å². The Balaban J connectivity index is 4.13. The smallest absolute Gasteiger partial charge is 0.0897 e. The first-order chi connectivity index (χ1) is 59.4. The van der Waals surface area contributed by atoms with E-state index in [4.69, 9.17) is 5.53 Å². The third-order valence-electron chi connectivity index (χ3n) is 4.66. The fourth-order valence-corrected chi connectivity index (χ4v) is 2.18. The highest BCUT2D eigenvalue weighted by atomic mass is 127. The molecule has 0 aliphatic rings. The summed E-state index contributed by atoms with van der Waals surface area (Å²) in [7, 11) is 0. The van der Waals surface area contributed by atoms with Crippen LogP contribution in [0.4, 0.5) is 0 Å². The molecule has 0 fully saturated rings. The van der Waals surface area contributed by atoms with Gasteiger partial charge >= 0.3 is 0 Å². The van der Waals surface area contributed by atoms with Crippen LogP contribution in [-0.2, 0) is 0 Å². The highest BCUT2D eigenvalue weighted by Gasteiger charge is 1.82. The fourth-order valence-electron chi connectivity index (χ4n) is 2.07. The molecule has 0 radical (unpaired) electrons. The molecule has 117 nitrogen and oxygen atoms in total. The molecule has 0 aromatic heterocycles. The second-order valence-corrected chi connectivity index (χ2v) is 11.1. The van der Waals surface area contributed by atoms with Gasteiger partial charge in [-0.25, -0.2) is 0 Å². The van der Waals surface area contributed by atoms with Crippen LogP contribution in [0.3, 0.4) is 0 Å². The Labute approximate surface area is 637 Å². The molecule has 0 rings (SSSR count). The van der Waals surface area contributed by atoms with E-state index in [9.17, 15) is 0 Å². The minimum atomic E-state index is 1.33. The summed E-state index contributed by atoms with van der Waals surface area (Å²) in [5.74, 6) is 0. The van der Waals surface area contributed by atoms with Gasteiger partial charge in [-0.3, -0.25) is 0 Å². The molecule has 0 amide bonds. The molecule has 119 heavy (non-hydrogen) atoms. The van der Waals surface area contributed by atoms with Crippen molar-refractivity contribution in [1.29, 1.82) is 5.53 Å². The zero-order valence-corrected chi connectivity index (χ0v) is 55.5. The molecule has 0 aromatic carbocycles. The van der Waals surface area contributed by atoms with Crippen LogP contribution in [0.15, 0.2) is 606 Å². The normalized spacial score (nSPS) is 15.7. The van der Waals surface area contributed by atoms with Crippen LogP contribution in [0.2, 0.25) is 0 Å². The minimum Gasteiger partial charge on any atom is -0.183 e. The molecule has 118 heteroatoms. The van der Waals surface area contributed by atoms with Crippen molar-refractivity contribution < 1.29 is 0 Å². The predicted octanol–water partition coefficient (Wildman–Crippen LogP) is 22.3. The summed E-state index contributed by atoms with van der Waals surface area (Å²) < 4.78 is 1.33. The summed E-state index contributed by atoms with van der Waals surface area (Å²) in [4.78, 5) is 0. The third-order valence-corrected chi connectivity index (χ3v) is 4.91. The molecule has 1 N–H and O–H groups in total. The van der Waals surface area contributed by atoms with Gasteiger partial charge in [0.15, 0.2) is 0 Å². The molecule has 0 bridgehead atoms. The molecule has 0 saturated heterocycles. The van der Waals surface area contributed by atoms with Crippen LogP contribution in [0.25, 0.3) is 0 Å². The van der Waals surface area contributed by atoms with Crippen molar-refractivity contribution in [1.82, 2.24) is 0 Å². The third kappa shape index (κ3) is 95.2. The predicted molar refractivity (Wildman–Crippen MR) is 304 cm³/mol. The maximum atomic E-state index is 6.27. The lowest BCUT2D eigenvalue weighted by Gasteiger charge is -1.71. The van der Waals surface area contributed by atoms with Crippen LogP contribution in [0.5, 0.6) is 0 Å². The van der Waals surface area contributed by atoms with Crippen molar-refractivity contribution >= 4 is 26.8 Å². The van der Waals surface area contributed by atoms with Crippen molar-refractivity contribution in [3.05, 3.63) is 0 Å². The lowest BCUT2D eigenvalue weighted by atomic mass is 11.7. The Bertz CT molecular complexity index is 4390. The summed E-state index contributed by atoms with van der Waals surface area (Å²) >= 11 is 1.81. The Morgan fingerprint density at radius 3 is 0.185 bits per heavy atom. The van der Waals surface area contributed by atoms with Gasteiger partial charge in [0.2, 0.25) is 0 Å². The number of nitrogens with one attached hydrogen (secondary N) is 1. The maximum absolute atomic E-state index is 6.27. The molecule has 0 saturated carbocycles. The molecule has 0 heterocycles. The molecular weight excluding hydrogens is 1780 g/mol. The first-order valence-electron chi connectivity index (χ1n) is 23.7. The molecule has 0 aromatic rings. The van der Waals surface area contributed by atoms with Gasteiger partial charge in [-0.15, -0.1) is 5.10 Å². The first-order valence-corrected chi connectivity index (χ1v) is 24.9. The Morgan fingerprint density at radius 1 is 0.0840 bits per heavy atom. The average molecular weight is 1780 g/mol. The van der Waals surface area contributed by atoms with E-state index in [-0.39, 0.29) is 0 Å². The van der Waals surface area contributed by atoms with E-state index < -0.39 is 0 Å². The zero-order chi connectivity index (χ0) is 84.7. The molecule has 0 atom stereocenters. The van der Waals surface area contributed by atoms with Gasteiger partial charge in [0, 0.05) is 517 Å². The van der Waals surface area contributed by atoms with Crippen molar-refractivity contribution in [2.75, 3.05) is 0 Å². The van der Waals surface area contributed by atoms with Gasteiger partial charge in [-0.05, 0) is 106 Å². The van der Waals surface area contributed by atoms with Crippen molar-refractivity contribution in [3.63, 3.8) is 0 Å². The second kappa shape index (κ2) is 95.2. The average Bonchev–Trinajstić information content (AvgIpc) is 1.70. The van der Waals surface area contributed by atoms with E-state index in [0.29, 0.717) is 0 Å². The Morgan fingerprint density at radius 2 is 0.134 bits per heavy atom. The summed E-state index contributed by atoms with van der Waals surface area (Å²) in [6, 6.07) is 0. The molecule has 0 aliphatic carbocycles. The van der Waals surface area contributed by atoms with Crippen molar-refractivity contribution in [3.8, 4) is 0 Å². The van der Waals surface area contributed by atoms with Gasteiger partial charge in [0.05, 0.1) is 4.22 Å². The van der Waals surface area contributed by atoms with Crippen LogP contribution >= 0.6 is 22.6 Å². The minimum absolute atomic E-state index is 1.33. The lowest BCUT2D eigenvalue weighted by molar-refractivity contribution is 0.722. The summed E-state index contributed by atoms with van der Waals surface area (Å²) in [6.45, 7) is 0. The van der Waals surface area contributed by atoms with Crippen molar-refractivity contribution in [2.24, 2.45) is 606 Å². The molecule has 598 valence electrons. The van der Waals surface area contributed by atoms with Crippen LogP contribution in [0, 0.1) is 5.53 Å². The number of rotatable bonds is 58.